The van der Waals surface area contributed by atoms with Crippen LogP contribution in [0.5, 0.6) is 0 Å². The number of aliphatic hydroxyl groups excluding tert-OH is 1. The Bertz CT molecular complexity index is 478. The van der Waals surface area contributed by atoms with E-state index in [0.29, 0.717) is 24.8 Å². The van der Waals surface area contributed by atoms with Gasteiger partial charge in [-0.15, -0.1) is 0 Å². The van der Waals surface area contributed by atoms with Gasteiger partial charge in [-0.25, -0.2) is 0 Å². The van der Waals surface area contributed by atoms with E-state index in [1.165, 1.54) is 12.5 Å². The van der Waals surface area contributed by atoms with Gasteiger partial charge in [-0.2, -0.15) is 0 Å². The lowest BCUT2D eigenvalue weighted by molar-refractivity contribution is -0.116. The second-order valence-electron chi connectivity index (χ2n) is 5.76. The van der Waals surface area contributed by atoms with Crippen molar-refractivity contribution < 1.29 is 14.3 Å². The van der Waals surface area contributed by atoms with Crippen LogP contribution in [0, 0.1) is 11.8 Å². The van der Waals surface area contributed by atoms with E-state index in [0.717, 1.165) is 11.5 Å². The Morgan fingerprint density at radius 2 is 2.35 bits per heavy atom. The van der Waals surface area contributed by atoms with Gasteiger partial charge >= 0.3 is 0 Å². The van der Waals surface area contributed by atoms with Crippen LogP contribution in [0.15, 0.2) is 22.6 Å². The molecule has 3 unspecified atom stereocenters. The van der Waals surface area contributed by atoms with Crippen LogP contribution in [-0.4, -0.2) is 24.2 Å². The van der Waals surface area contributed by atoms with E-state index in [1.54, 1.807) is 6.08 Å². The highest BCUT2D eigenvalue weighted by atomic mass is 16.3. The van der Waals surface area contributed by atoms with Crippen molar-refractivity contribution in [3.8, 4) is 0 Å². The first kappa shape index (κ1) is 14.9. The molecule has 4 nitrogen and oxygen atoms in total. The van der Waals surface area contributed by atoms with Crippen LogP contribution in [0.3, 0.4) is 0 Å². The monoisotopic (exact) mass is 277 g/mol. The maximum absolute atomic E-state index is 11.6. The molecule has 4 heteroatoms. The fourth-order valence-corrected chi connectivity index (χ4v) is 2.19. The van der Waals surface area contributed by atoms with E-state index in [4.69, 9.17) is 9.52 Å². The normalized spacial score (nSPS) is 22.9. The maximum Gasteiger partial charge on any atom is 0.244 e. The van der Waals surface area contributed by atoms with Crippen LogP contribution in [0.1, 0.15) is 44.1 Å². The molecule has 3 atom stereocenters. The number of hydrogen-bond donors (Lipinski definition) is 2. The molecule has 0 saturated heterocycles. The lowest BCUT2D eigenvalue weighted by atomic mass is 10.1. The lowest BCUT2D eigenvalue weighted by Gasteiger charge is -2.09. The summed E-state index contributed by atoms with van der Waals surface area (Å²) in [6.45, 7) is 4.94. The van der Waals surface area contributed by atoms with Gasteiger partial charge in [0.05, 0.1) is 0 Å². The van der Waals surface area contributed by atoms with Crippen LogP contribution in [0.25, 0.3) is 6.08 Å². The van der Waals surface area contributed by atoms with Crippen molar-refractivity contribution >= 4 is 12.0 Å². The summed E-state index contributed by atoms with van der Waals surface area (Å²) in [5.74, 6) is 3.17. The SMILES string of the molecule is CC(CCO)CNC(=O)C=Cc1ccc(C2CC2C)o1. The third-order valence-electron chi connectivity index (χ3n) is 3.77. The molecule has 0 spiro atoms. The van der Waals surface area contributed by atoms with Gasteiger partial charge in [0.1, 0.15) is 11.5 Å². The van der Waals surface area contributed by atoms with Crippen LogP contribution in [0.2, 0.25) is 0 Å². The average molecular weight is 277 g/mol. The van der Waals surface area contributed by atoms with E-state index >= 15 is 0 Å². The van der Waals surface area contributed by atoms with Crippen molar-refractivity contribution in [3.05, 3.63) is 29.7 Å². The molecule has 0 aliphatic heterocycles. The molecular formula is C16H23NO3. The zero-order valence-electron chi connectivity index (χ0n) is 12.1. The highest BCUT2D eigenvalue weighted by molar-refractivity contribution is 5.91. The number of furan rings is 1. The number of rotatable bonds is 7. The standard InChI is InChI=1S/C16H23NO3/c1-11(7-8-18)10-17-16(19)6-4-13-3-5-15(20-13)14-9-12(14)2/h3-6,11-12,14,18H,7-10H2,1-2H3,(H,17,19). The second-order valence-corrected chi connectivity index (χ2v) is 5.76. The molecule has 2 rings (SSSR count). The largest absolute Gasteiger partial charge is 0.461 e. The van der Waals surface area contributed by atoms with Crippen molar-refractivity contribution in [1.29, 1.82) is 0 Å². The van der Waals surface area contributed by atoms with Gasteiger partial charge in [0.2, 0.25) is 5.91 Å². The molecular weight excluding hydrogens is 254 g/mol. The van der Waals surface area contributed by atoms with E-state index in [9.17, 15) is 4.79 Å². The summed E-state index contributed by atoms with van der Waals surface area (Å²) in [4.78, 5) is 11.6. The van der Waals surface area contributed by atoms with E-state index in [1.807, 2.05) is 19.1 Å². The van der Waals surface area contributed by atoms with E-state index in [-0.39, 0.29) is 18.4 Å². The smallest absolute Gasteiger partial charge is 0.244 e. The summed E-state index contributed by atoms with van der Waals surface area (Å²) >= 11 is 0. The van der Waals surface area contributed by atoms with E-state index in [2.05, 4.69) is 12.2 Å². The minimum absolute atomic E-state index is 0.132. The topological polar surface area (TPSA) is 62.5 Å². The van der Waals surface area contributed by atoms with Crippen LogP contribution in [-0.2, 0) is 4.79 Å². The van der Waals surface area contributed by atoms with Crippen LogP contribution >= 0.6 is 0 Å². The number of aliphatic hydroxyl groups is 1. The van der Waals surface area contributed by atoms with Crippen molar-refractivity contribution in [3.63, 3.8) is 0 Å². The number of amides is 1. The molecule has 1 heterocycles. The molecule has 1 aromatic heterocycles. The number of carbonyl (C=O) groups excluding carboxylic acids is 1. The average Bonchev–Trinajstić information content (AvgIpc) is 2.97. The third-order valence-corrected chi connectivity index (χ3v) is 3.77. The van der Waals surface area contributed by atoms with Crippen molar-refractivity contribution in [2.45, 2.75) is 32.6 Å². The zero-order chi connectivity index (χ0) is 14.5. The zero-order valence-corrected chi connectivity index (χ0v) is 12.1. The summed E-state index contributed by atoms with van der Waals surface area (Å²) in [5.41, 5.74) is 0. The molecule has 20 heavy (non-hydrogen) atoms. The summed E-state index contributed by atoms with van der Waals surface area (Å²) in [7, 11) is 0. The predicted octanol–water partition coefficient (Wildman–Crippen LogP) is 2.55. The van der Waals surface area contributed by atoms with E-state index < -0.39 is 0 Å². The Morgan fingerprint density at radius 3 is 3.00 bits per heavy atom. The van der Waals surface area contributed by atoms with Gasteiger partial charge in [0, 0.05) is 25.1 Å². The first-order chi connectivity index (χ1) is 9.60. The highest BCUT2D eigenvalue weighted by Crippen LogP contribution is 2.47. The maximum atomic E-state index is 11.6. The fourth-order valence-electron chi connectivity index (χ4n) is 2.19. The fraction of sp³-hybridized carbons (Fsp3) is 0.562. The van der Waals surface area contributed by atoms with Gasteiger partial charge in [-0.3, -0.25) is 4.79 Å². The van der Waals surface area contributed by atoms with Crippen molar-refractivity contribution in [2.24, 2.45) is 11.8 Å². The van der Waals surface area contributed by atoms with Gasteiger partial charge in [0.15, 0.2) is 0 Å². The summed E-state index contributed by atoms with van der Waals surface area (Å²) in [5, 5.41) is 11.6. The Kier molecular flexibility index (Phi) is 5.01. The van der Waals surface area contributed by atoms with Gasteiger partial charge in [-0.05, 0) is 42.9 Å². The number of carbonyl (C=O) groups is 1. The third kappa shape index (κ3) is 4.23. The molecule has 1 saturated carbocycles. The quantitative estimate of drug-likeness (QED) is 0.753. The summed E-state index contributed by atoms with van der Waals surface area (Å²) in [6.07, 6.45) is 5.08. The molecule has 2 N–H and O–H groups in total. The molecule has 0 bridgehead atoms. The molecule has 1 fully saturated rings. The molecule has 1 aliphatic carbocycles. The van der Waals surface area contributed by atoms with Crippen molar-refractivity contribution in [1.82, 2.24) is 5.32 Å². The summed E-state index contributed by atoms with van der Waals surface area (Å²) < 4.78 is 5.69. The Morgan fingerprint density at radius 1 is 1.60 bits per heavy atom. The predicted molar refractivity (Wildman–Crippen MR) is 78.1 cm³/mol. The molecule has 110 valence electrons. The molecule has 0 aromatic carbocycles. The minimum atomic E-state index is -0.132. The Balaban J connectivity index is 1.77. The first-order valence-electron chi connectivity index (χ1n) is 7.26. The second kappa shape index (κ2) is 6.75. The first-order valence-corrected chi connectivity index (χ1v) is 7.26. The van der Waals surface area contributed by atoms with Crippen LogP contribution < -0.4 is 5.32 Å². The Hall–Kier alpha value is -1.55. The highest BCUT2D eigenvalue weighted by Gasteiger charge is 2.36. The van der Waals surface area contributed by atoms with Crippen molar-refractivity contribution in [2.75, 3.05) is 13.2 Å². The molecule has 0 radical (unpaired) electrons. The lowest BCUT2D eigenvalue weighted by Crippen LogP contribution is -2.26. The van der Waals surface area contributed by atoms with Gasteiger partial charge in [-0.1, -0.05) is 13.8 Å². The molecule has 1 aromatic rings. The molecule has 1 aliphatic rings. The van der Waals surface area contributed by atoms with Gasteiger partial charge < -0.3 is 14.8 Å². The van der Waals surface area contributed by atoms with Gasteiger partial charge in [0.25, 0.3) is 0 Å². The van der Waals surface area contributed by atoms with Crippen LogP contribution in [0.4, 0.5) is 0 Å². The Labute approximate surface area is 119 Å². The number of nitrogens with one attached hydrogen (secondary N) is 1. The summed E-state index contributed by atoms with van der Waals surface area (Å²) in [6, 6.07) is 3.90. The number of hydrogen-bond acceptors (Lipinski definition) is 3. The molecule has 1 amide bonds. The minimum Gasteiger partial charge on any atom is -0.461 e.